The summed E-state index contributed by atoms with van der Waals surface area (Å²) in [6.45, 7) is -2.48. The summed E-state index contributed by atoms with van der Waals surface area (Å²) in [6, 6.07) is 1.98. The van der Waals surface area contributed by atoms with Gasteiger partial charge in [0.15, 0.2) is 23.3 Å². The third-order valence-electron chi connectivity index (χ3n) is 4.45. The molecular weight excluding hydrogens is 401 g/mol. The number of anilines is 1. The average Bonchev–Trinajstić information content (AvgIpc) is 3.05. The molecule has 3 rings (SSSR count). The van der Waals surface area contributed by atoms with Crippen LogP contribution < -0.4 is 10.5 Å². The summed E-state index contributed by atoms with van der Waals surface area (Å²) >= 11 is 0. The minimum absolute atomic E-state index is 0.0795. The minimum atomic E-state index is -3.12. The number of halogens is 3. The van der Waals surface area contributed by atoms with Crippen LogP contribution in [0, 0.1) is 5.82 Å². The number of morpholine rings is 1. The predicted molar refractivity (Wildman–Crippen MR) is 89.4 cm³/mol. The number of alkyl halides is 2. The van der Waals surface area contributed by atoms with Crippen molar-refractivity contribution in [2.24, 2.45) is 0 Å². The first-order chi connectivity index (χ1) is 13.6. The summed E-state index contributed by atoms with van der Waals surface area (Å²) < 4.78 is 46.4. The minimum Gasteiger partial charge on any atom is -0.479 e. The lowest BCUT2D eigenvalue weighted by atomic mass is 9.95. The predicted octanol–water partition coefficient (Wildman–Crippen LogP) is 0.136. The van der Waals surface area contributed by atoms with Gasteiger partial charge in [0, 0.05) is 12.3 Å². The van der Waals surface area contributed by atoms with Gasteiger partial charge in [0.25, 0.3) is 11.5 Å². The van der Waals surface area contributed by atoms with Crippen LogP contribution >= 0.6 is 0 Å². The summed E-state index contributed by atoms with van der Waals surface area (Å²) in [7, 11) is 0. The molecule has 13 heteroatoms. The molecule has 156 valence electrons. The van der Waals surface area contributed by atoms with Crippen LogP contribution in [0.25, 0.3) is 5.69 Å². The van der Waals surface area contributed by atoms with E-state index in [1.54, 1.807) is 0 Å². The number of nitrogens with zero attached hydrogens (tertiary/aromatic N) is 4. The molecule has 1 fully saturated rings. The summed E-state index contributed by atoms with van der Waals surface area (Å²) in [4.78, 5) is 36.0. The number of carbonyl (C=O) groups excluding carboxylic acids is 1. The lowest BCUT2D eigenvalue weighted by molar-refractivity contribution is -0.181. The molecule has 1 aliphatic heterocycles. The highest BCUT2D eigenvalue weighted by Crippen LogP contribution is 2.29. The number of aliphatic carboxylic acids is 1. The molecule has 0 spiro atoms. The second-order valence-corrected chi connectivity index (χ2v) is 6.31. The molecule has 0 radical (unpaired) electrons. The molecule has 3 heterocycles. The number of amides is 1. The van der Waals surface area contributed by atoms with Gasteiger partial charge >= 0.3 is 12.5 Å². The van der Waals surface area contributed by atoms with E-state index in [1.807, 2.05) is 0 Å². The zero-order valence-electron chi connectivity index (χ0n) is 14.8. The molecule has 2 aromatic rings. The molecule has 0 bridgehead atoms. The van der Waals surface area contributed by atoms with Crippen molar-refractivity contribution in [2.45, 2.75) is 25.2 Å². The number of aliphatic hydroxyl groups excluding tert-OH is 1. The van der Waals surface area contributed by atoms with Crippen LogP contribution in [0.2, 0.25) is 0 Å². The summed E-state index contributed by atoms with van der Waals surface area (Å²) in [5, 5.41) is 22.7. The van der Waals surface area contributed by atoms with E-state index in [1.165, 1.54) is 0 Å². The Labute approximate surface area is 160 Å². The molecule has 10 nitrogen and oxygen atoms in total. The molecule has 2 N–H and O–H groups in total. The topological polar surface area (TPSA) is 127 Å². The van der Waals surface area contributed by atoms with Crippen LogP contribution in [0.15, 0.2) is 29.3 Å². The third-order valence-corrected chi connectivity index (χ3v) is 4.45. The number of aliphatic hydroxyl groups is 1. The van der Waals surface area contributed by atoms with Gasteiger partial charge in [-0.15, -0.1) is 5.10 Å². The van der Waals surface area contributed by atoms with Gasteiger partial charge in [0.2, 0.25) is 0 Å². The van der Waals surface area contributed by atoms with E-state index in [0.29, 0.717) is 0 Å². The first-order valence-electron chi connectivity index (χ1n) is 8.19. The van der Waals surface area contributed by atoms with Gasteiger partial charge in [-0.05, 0) is 13.0 Å². The van der Waals surface area contributed by atoms with E-state index >= 15 is 0 Å². The second-order valence-electron chi connectivity index (χ2n) is 6.31. The van der Waals surface area contributed by atoms with Crippen LogP contribution in [-0.2, 0) is 14.3 Å². The lowest BCUT2D eigenvalue weighted by Crippen LogP contribution is -2.63. The Hall–Kier alpha value is -3.19. The smallest absolute Gasteiger partial charge is 0.336 e. The molecule has 0 aromatic carbocycles. The SMILES string of the molecule is C[C@]1([C@@H](O)C(=O)O)OCCN(c2nn(-c3ccc(=O)n(C(F)F)c3)cc2F)C1=O. The Balaban J connectivity index is 1.99. The van der Waals surface area contributed by atoms with Crippen molar-refractivity contribution in [3.05, 3.63) is 40.7 Å². The number of carbonyl (C=O) groups is 2. The van der Waals surface area contributed by atoms with Crippen LogP contribution in [0.4, 0.5) is 19.0 Å². The van der Waals surface area contributed by atoms with E-state index in [9.17, 15) is 32.7 Å². The van der Waals surface area contributed by atoms with Crippen LogP contribution in [0.1, 0.15) is 13.5 Å². The van der Waals surface area contributed by atoms with E-state index in [4.69, 9.17) is 9.84 Å². The maximum absolute atomic E-state index is 14.5. The molecule has 1 saturated heterocycles. The monoisotopic (exact) mass is 416 g/mol. The average molecular weight is 416 g/mol. The van der Waals surface area contributed by atoms with E-state index in [-0.39, 0.29) is 23.4 Å². The fourth-order valence-corrected chi connectivity index (χ4v) is 2.85. The number of hydrogen-bond donors (Lipinski definition) is 2. The maximum Gasteiger partial charge on any atom is 0.336 e. The zero-order chi connectivity index (χ0) is 21.5. The summed E-state index contributed by atoms with van der Waals surface area (Å²) in [6.07, 6.45) is -0.640. The number of ether oxygens (including phenoxy) is 1. The van der Waals surface area contributed by atoms with Crippen molar-refractivity contribution in [1.82, 2.24) is 14.3 Å². The van der Waals surface area contributed by atoms with Gasteiger partial charge in [0.1, 0.15) is 0 Å². The van der Waals surface area contributed by atoms with Crippen molar-refractivity contribution in [2.75, 3.05) is 18.1 Å². The van der Waals surface area contributed by atoms with Gasteiger partial charge in [0.05, 0.1) is 25.0 Å². The van der Waals surface area contributed by atoms with Gasteiger partial charge in [-0.1, -0.05) is 0 Å². The van der Waals surface area contributed by atoms with Crippen molar-refractivity contribution >= 4 is 17.7 Å². The van der Waals surface area contributed by atoms with E-state index in [2.05, 4.69) is 5.10 Å². The van der Waals surface area contributed by atoms with E-state index in [0.717, 1.165) is 41.0 Å². The van der Waals surface area contributed by atoms with E-state index < -0.39 is 47.3 Å². The van der Waals surface area contributed by atoms with Gasteiger partial charge < -0.3 is 14.9 Å². The molecule has 2 atom stereocenters. The Morgan fingerprint density at radius 3 is 2.62 bits per heavy atom. The van der Waals surface area contributed by atoms with Crippen molar-refractivity contribution < 1.29 is 37.7 Å². The third kappa shape index (κ3) is 3.49. The number of aromatic nitrogens is 3. The molecular formula is C16H15F3N4O6. The molecule has 1 aliphatic rings. The fourth-order valence-electron chi connectivity index (χ4n) is 2.85. The Morgan fingerprint density at radius 1 is 1.31 bits per heavy atom. The molecule has 0 aliphatic carbocycles. The highest BCUT2D eigenvalue weighted by Gasteiger charge is 2.51. The quantitative estimate of drug-likeness (QED) is 0.710. The Bertz CT molecular complexity index is 1020. The normalized spacial score (nSPS) is 20.9. The van der Waals surface area contributed by atoms with Crippen LogP contribution in [0.5, 0.6) is 0 Å². The molecule has 0 saturated carbocycles. The summed E-state index contributed by atoms with van der Waals surface area (Å²) in [5.41, 5.74) is -3.23. The van der Waals surface area contributed by atoms with Crippen molar-refractivity contribution in [3.63, 3.8) is 0 Å². The van der Waals surface area contributed by atoms with Gasteiger partial charge in [-0.3, -0.25) is 19.1 Å². The van der Waals surface area contributed by atoms with Gasteiger partial charge in [-0.25, -0.2) is 13.9 Å². The molecule has 29 heavy (non-hydrogen) atoms. The van der Waals surface area contributed by atoms with Crippen molar-refractivity contribution in [3.8, 4) is 5.69 Å². The number of carboxylic acid groups (broad SMARTS) is 1. The largest absolute Gasteiger partial charge is 0.479 e. The Morgan fingerprint density at radius 2 is 2.00 bits per heavy atom. The standard InChI is InChI=1S/C16H15F3N4O6/c1-16(11(25)13(26)27)14(28)21(4-5-29-16)12-9(17)7-23(20-12)8-2-3-10(24)22(6-8)15(18)19/h2-3,6-7,11,15,25H,4-5H2,1H3,(H,26,27)/t11-,16+/m0/s1. The Kier molecular flexibility index (Phi) is 5.19. The summed E-state index contributed by atoms with van der Waals surface area (Å²) in [5.74, 6) is -4.28. The number of rotatable bonds is 5. The van der Waals surface area contributed by atoms with Crippen LogP contribution in [0.3, 0.4) is 0 Å². The number of carboxylic acids is 1. The first-order valence-corrected chi connectivity index (χ1v) is 8.19. The second kappa shape index (κ2) is 7.33. The fraction of sp³-hybridized carbons (Fsp3) is 0.375. The molecule has 0 unspecified atom stereocenters. The highest BCUT2D eigenvalue weighted by molar-refractivity contribution is 6.02. The van der Waals surface area contributed by atoms with Gasteiger partial charge in [-0.2, -0.15) is 8.78 Å². The highest BCUT2D eigenvalue weighted by atomic mass is 19.3. The number of pyridine rings is 1. The molecule has 1 amide bonds. The first kappa shape index (κ1) is 20.5. The van der Waals surface area contributed by atoms with Crippen molar-refractivity contribution in [1.29, 1.82) is 0 Å². The molecule has 2 aromatic heterocycles. The lowest BCUT2D eigenvalue weighted by Gasteiger charge is -2.39. The zero-order valence-corrected chi connectivity index (χ0v) is 14.8. The van der Waals surface area contributed by atoms with Crippen LogP contribution in [-0.4, -0.2) is 61.3 Å². The maximum atomic E-state index is 14.5. The number of hydrogen-bond acceptors (Lipinski definition) is 6.